The monoisotopic (exact) mass is 614 g/mol. The normalized spacial score (nSPS) is 14.0. The van der Waals surface area contributed by atoms with Gasteiger partial charge < -0.3 is 5.32 Å². The van der Waals surface area contributed by atoms with Gasteiger partial charge in [-0.3, -0.25) is 0 Å². The molecule has 1 unspecified atom stereocenters. The molecule has 1 aliphatic rings. The summed E-state index contributed by atoms with van der Waals surface area (Å²) in [6, 6.07) is 60.7. The zero-order valence-electron chi connectivity index (χ0n) is 26.1. The average Bonchev–Trinajstić information content (AvgIpc) is 3.18. The molecule has 8 rings (SSSR count). The Labute approximate surface area is 280 Å². The van der Waals surface area contributed by atoms with Crippen LogP contribution >= 0.6 is 0 Å². The summed E-state index contributed by atoms with van der Waals surface area (Å²) in [7, 11) is 0. The maximum absolute atomic E-state index is 9.32. The quantitative estimate of drug-likeness (QED) is 0.203. The molecule has 1 heterocycles. The second kappa shape index (κ2) is 12.7. The lowest BCUT2D eigenvalue weighted by atomic mass is 9.93. The van der Waals surface area contributed by atoms with Crippen molar-refractivity contribution in [1.82, 2.24) is 5.32 Å². The summed E-state index contributed by atoms with van der Waals surface area (Å²) in [5, 5.41) is 15.2. The molecule has 0 saturated carbocycles. The van der Waals surface area contributed by atoms with E-state index in [9.17, 15) is 5.26 Å². The Morgan fingerprint density at radius 3 is 1.83 bits per heavy atom. The molecule has 0 fully saturated rings. The molecule has 0 aromatic heterocycles. The smallest absolute Gasteiger partial charge is 0.159 e. The third-order valence-electron chi connectivity index (χ3n) is 8.78. The Morgan fingerprint density at radius 1 is 0.500 bits per heavy atom. The second-order valence-corrected chi connectivity index (χ2v) is 11.8. The molecule has 7 aromatic carbocycles. The zero-order valence-corrected chi connectivity index (χ0v) is 26.1. The molecule has 0 aliphatic carbocycles. The van der Waals surface area contributed by atoms with E-state index in [0.717, 1.165) is 50.3 Å². The second-order valence-electron chi connectivity index (χ2n) is 11.8. The van der Waals surface area contributed by atoms with Crippen LogP contribution in [-0.2, 0) is 0 Å². The number of benzene rings is 7. The molecule has 0 bridgehead atoms. The average molecular weight is 615 g/mol. The maximum atomic E-state index is 9.32. The Bertz CT molecular complexity index is 2350. The van der Waals surface area contributed by atoms with Gasteiger partial charge >= 0.3 is 0 Å². The van der Waals surface area contributed by atoms with Crippen LogP contribution in [-0.4, -0.2) is 11.7 Å². The summed E-state index contributed by atoms with van der Waals surface area (Å²) < 4.78 is 0. The molecule has 4 heteroatoms. The topological polar surface area (TPSA) is 60.5 Å². The molecule has 0 radical (unpaired) electrons. The highest BCUT2D eigenvalue weighted by molar-refractivity contribution is 6.13. The summed E-state index contributed by atoms with van der Waals surface area (Å²) in [4.78, 5) is 9.99. The van der Waals surface area contributed by atoms with Crippen LogP contribution in [0.25, 0.3) is 44.2 Å². The largest absolute Gasteiger partial charge is 0.344 e. The first-order chi connectivity index (χ1) is 23.7. The Morgan fingerprint density at radius 2 is 1.10 bits per heavy atom. The van der Waals surface area contributed by atoms with Crippen LogP contribution in [0.15, 0.2) is 180 Å². The lowest BCUT2D eigenvalue weighted by Crippen LogP contribution is -2.33. The van der Waals surface area contributed by atoms with Gasteiger partial charge in [0.1, 0.15) is 12.0 Å². The molecular formula is C44H30N4. The highest BCUT2D eigenvalue weighted by atomic mass is 15.2. The van der Waals surface area contributed by atoms with Crippen molar-refractivity contribution in [3.05, 3.63) is 192 Å². The number of fused-ring (bicyclic) bond motifs is 1. The van der Waals surface area contributed by atoms with Gasteiger partial charge in [-0.2, -0.15) is 5.26 Å². The van der Waals surface area contributed by atoms with E-state index in [2.05, 4.69) is 121 Å². The van der Waals surface area contributed by atoms with Crippen LogP contribution in [0, 0.1) is 11.3 Å². The summed E-state index contributed by atoms with van der Waals surface area (Å²) in [5.74, 6) is 1.51. The zero-order chi connectivity index (χ0) is 32.3. The van der Waals surface area contributed by atoms with Crippen LogP contribution in [0.5, 0.6) is 0 Å². The fourth-order valence-electron chi connectivity index (χ4n) is 6.25. The van der Waals surface area contributed by atoms with Gasteiger partial charge in [-0.05, 0) is 67.9 Å². The van der Waals surface area contributed by atoms with Gasteiger partial charge in [0.25, 0.3) is 0 Å². The van der Waals surface area contributed by atoms with Crippen LogP contribution in [0.4, 0.5) is 0 Å². The van der Waals surface area contributed by atoms with E-state index in [-0.39, 0.29) is 6.17 Å². The number of hydrogen-bond acceptors (Lipinski definition) is 4. The van der Waals surface area contributed by atoms with Crippen LogP contribution in [0.1, 0.15) is 28.4 Å². The van der Waals surface area contributed by atoms with Gasteiger partial charge in [0, 0.05) is 11.1 Å². The lowest BCUT2D eigenvalue weighted by Gasteiger charge is -2.23. The molecule has 0 amide bonds. The molecule has 0 spiro atoms. The summed E-state index contributed by atoms with van der Waals surface area (Å²) in [6.45, 7) is 0. The SMILES string of the molecule is N#Cc1cccc(-c2ccc(-c3cccc4ccc(-c5ccc(C6=NC(c7ccccc7)NC(c7ccccc7)=N6)cc5)cc34)cc2)c1. The summed E-state index contributed by atoms with van der Waals surface area (Å²) in [6.07, 6.45) is -0.232. The van der Waals surface area contributed by atoms with Crippen molar-refractivity contribution in [3.63, 3.8) is 0 Å². The molecule has 226 valence electrons. The minimum atomic E-state index is -0.232. The van der Waals surface area contributed by atoms with E-state index in [1.807, 2.05) is 60.7 Å². The molecule has 1 aliphatic heterocycles. The minimum absolute atomic E-state index is 0.232. The predicted octanol–water partition coefficient (Wildman–Crippen LogP) is 10.2. The van der Waals surface area contributed by atoms with Crippen LogP contribution in [0.3, 0.4) is 0 Å². The highest BCUT2D eigenvalue weighted by Gasteiger charge is 2.21. The molecule has 7 aromatic rings. The molecule has 48 heavy (non-hydrogen) atoms. The fourth-order valence-corrected chi connectivity index (χ4v) is 6.25. The van der Waals surface area contributed by atoms with Crippen molar-refractivity contribution in [1.29, 1.82) is 5.26 Å². The van der Waals surface area contributed by atoms with Gasteiger partial charge in [0.2, 0.25) is 0 Å². The third kappa shape index (κ3) is 5.77. The van der Waals surface area contributed by atoms with Gasteiger partial charge in [0.15, 0.2) is 5.84 Å². The third-order valence-corrected chi connectivity index (χ3v) is 8.78. The fraction of sp³-hybridized carbons (Fsp3) is 0.0227. The standard InChI is InChI=1S/C44H30N4/c45-29-30-9-7-15-38(27-30)31-17-21-34(22-18-31)40-16-8-14-33-23-26-39(28-41(33)40)32-19-24-37(25-20-32)44-47-42(35-10-3-1-4-11-35)46-43(48-44)36-12-5-2-6-13-36/h1-28,42H,(H,46,47,48). The maximum Gasteiger partial charge on any atom is 0.159 e. The summed E-state index contributed by atoms with van der Waals surface area (Å²) in [5.41, 5.74) is 10.5. The minimum Gasteiger partial charge on any atom is -0.344 e. The number of nitriles is 1. The number of nitrogens with zero attached hydrogens (tertiary/aromatic N) is 3. The molecule has 1 N–H and O–H groups in total. The first-order valence-electron chi connectivity index (χ1n) is 16.0. The van der Waals surface area contributed by atoms with E-state index in [0.29, 0.717) is 11.4 Å². The Kier molecular flexibility index (Phi) is 7.62. The highest BCUT2D eigenvalue weighted by Crippen LogP contribution is 2.34. The number of aliphatic imine (C=N–C) groups is 2. The first kappa shape index (κ1) is 28.9. The molecule has 1 atom stereocenters. The van der Waals surface area contributed by atoms with Crippen molar-refractivity contribution < 1.29 is 0 Å². The van der Waals surface area contributed by atoms with Gasteiger partial charge in [-0.15, -0.1) is 0 Å². The van der Waals surface area contributed by atoms with Crippen molar-refractivity contribution >= 4 is 22.4 Å². The van der Waals surface area contributed by atoms with E-state index in [1.165, 1.54) is 16.3 Å². The number of nitrogens with one attached hydrogen (secondary N) is 1. The Hall–Kier alpha value is -6.57. The van der Waals surface area contributed by atoms with Crippen molar-refractivity contribution in [2.24, 2.45) is 9.98 Å². The molecule has 4 nitrogen and oxygen atoms in total. The molecular weight excluding hydrogens is 585 g/mol. The summed E-state index contributed by atoms with van der Waals surface area (Å²) >= 11 is 0. The van der Waals surface area contributed by atoms with Gasteiger partial charge in [-0.25, -0.2) is 9.98 Å². The van der Waals surface area contributed by atoms with Gasteiger partial charge in [-0.1, -0.05) is 152 Å². The number of hydrogen-bond donors (Lipinski definition) is 1. The van der Waals surface area contributed by atoms with E-state index in [1.54, 1.807) is 0 Å². The number of amidine groups is 2. The predicted molar refractivity (Wildman–Crippen MR) is 197 cm³/mol. The van der Waals surface area contributed by atoms with E-state index in [4.69, 9.17) is 9.98 Å². The van der Waals surface area contributed by atoms with Crippen molar-refractivity contribution in [3.8, 4) is 39.4 Å². The number of rotatable bonds is 6. The van der Waals surface area contributed by atoms with Gasteiger partial charge in [0.05, 0.1) is 11.6 Å². The lowest BCUT2D eigenvalue weighted by molar-refractivity contribution is 0.674. The van der Waals surface area contributed by atoms with Crippen molar-refractivity contribution in [2.75, 3.05) is 0 Å². The first-order valence-corrected chi connectivity index (χ1v) is 16.0. The van der Waals surface area contributed by atoms with E-state index >= 15 is 0 Å². The van der Waals surface area contributed by atoms with Crippen molar-refractivity contribution in [2.45, 2.75) is 6.17 Å². The molecule has 0 saturated heterocycles. The Balaban J connectivity index is 1.11. The van der Waals surface area contributed by atoms with Crippen LogP contribution in [0.2, 0.25) is 0 Å². The van der Waals surface area contributed by atoms with Crippen LogP contribution < -0.4 is 5.32 Å². The van der Waals surface area contributed by atoms with E-state index < -0.39 is 0 Å².